The van der Waals surface area contributed by atoms with Gasteiger partial charge in [-0.05, 0) is 0 Å². The predicted molar refractivity (Wildman–Crippen MR) is 85.3 cm³/mol. The van der Waals surface area contributed by atoms with Crippen LogP contribution in [-0.2, 0) is 0 Å². The van der Waals surface area contributed by atoms with Gasteiger partial charge in [0.2, 0.25) is 0 Å². The molecule has 1 fully saturated rings. The second-order valence-electron chi connectivity index (χ2n) is 6.64. The Morgan fingerprint density at radius 1 is 1.50 bits per heavy atom. The molecule has 22 heavy (non-hydrogen) atoms. The van der Waals surface area contributed by atoms with Crippen LogP contribution in [0.15, 0.2) is 18.3 Å². The van der Waals surface area contributed by atoms with Crippen LogP contribution in [-0.4, -0.2) is 49.4 Å². The number of piperidine rings is 1. The van der Waals surface area contributed by atoms with Crippen LogP contribution in [0.3, 0.4) is 0 Å². The third-order valence-electron chi connectivity index (χ3n) is 3.91. The van der Waals surface area contributed by atoms with Crippen molar-refractivity contribution in [2.45, 2.75) is 44.4 Å². The van der Waals surface area contributed by atoms with Crippen molar-refractivity contribution in [3.8, 4) is 6.07 Å². The van der Waals surface area contributed by atoms with E-state index in [1.165, 1.54) is 0 Å². The van der Waals surface area contributed by atoms with Crippen molar-refractivity contribution < 1.29 is 9.90 Å². The summed E-state index contributed by atoms with van der Waals surface area (Å²) in [6.07, 6.45) is 2.75. The Hall–Kier alpha value is -1.53. The van der Waals surface area contributed by atoms with Gasteiger partial charge in [-0.25, -0.2) is 0 Å². The van der Waals surface area contributed by atoms with Crippen molar-refractivity contribution in [2.75, 3.05) is 6.54 Å². The van der Waals surface area contributed by atoms with Gasteiger partial charge in [0.25, 0.3) is 0 Å². The molecular weight excluding hydrogens is 341 g/mol. The molecule has 0 spiro atoms. The van der Waals surface area contributed by atoms with Gasteiger partial charge in [0, 0.05) is 0 Å². The molecule has 2 rings (SSSR count). The van der Waals surface area contributed by atoms with Gasteiger partial charge in [0.1, 0.15) is 0 Å². The van der Waals surface area contributed by atoms with Crippen molar-refractivity contribution in [2.24, 2.45) is 5.41 Å². The Balaban J connectivity index is 2.22. The van der Waals surface area contributed by atoms with Gasteiger partial charge in [-0.3, -0.25) is 0 Å². The van der Waals surface area contributed by atoms with E-state index in [1.807, 2.05) is 6.07 Å². The number of carboxylic acid groups (broad SMARTS) is 1. The first-order chi connectivity index (χ1) is 10.3. The summed E-state index contributed by atoms with van der Waals surface area (Å²) in [5, 5.41) is 18.3. The summed E-state index contributed by atoms with van der Waals surface area (Å²) in [5.41, 5.74) is 0.472. The molecule has 1 amide bonds. The first-order valence-electron chi connectivity index (χ1n) is 7.39. The zero-order chi connectivity index (χ0) is 16.3. The Kier molecular flexibility index (Phi) is 5.13. The van der Waals surface area contributed by atoms with Crippen LogP contribution in [0.4, 0.5) is 4.79 Å². The van der Waals surface area contributed by atoms with E-state index in [4.69, 9.17) is 5.26 Å². The summed E-state index contributed by atoms with van der Waals surface area (Å²) < 4.78 is 1.36. The van der Waals surface area contributed by atoms with Gasteiger partial charge in [0.05, 0.1) is 0 Å². The van der Waals surface area contributed by atoms with Gasteiger partial charge in [-0.1, -0.05) is 0 Å². The maximum absolute atomic E-state index is 11.6. The van der Waals surface area contributed by atoms with E-state index < -0.39 is 6.09 Å². The molecule has 1 saturated heterocycles. The summed E-state index contributed by atoms with van der Waals surface area (Å²) in [7, 11) is 0. The molecule has 1 N–H and O–H groups in total. The average molecular weight is 362 g/mol. The zero-order valence-electron chi connectivity index (χ0n) is 13.2. The topological polar surface area (TPSA) is 77.2 Å². The second kappa shape index (κ2) is 6.71. The Morgan fingerprint density at radius 3 is 2.73 bits per heavy atom. The first-order valence-corrected chi connectivity index (χ1v) is 9.41. The SMILES string of the molecule is CC(C)(C)C1C([As]c2ccc(C#N)cn2)CCCN1C(=O)O. The van der Waals surface area contributed by atoms with Gasteiger partial charge in [-0.15, -0.1) is 0 Å². The standard InChI is InChI=1S/C16H21AsN3O2/c1-16(2,3)14-12(5-4-8-20(14)15(21)22)17-13-7-6-11(9-18)10-19-13/h6-7,10,12,14H,4-5,8H2,1-3H3,(H,21,22). The van der Waals surface area contributed by atoms with E-state index in [2.05, 4.69) is 31.8 Å². The number of nitriles is 1. The molecule has 2 unspecified atom stereocenters. The number of likely N-dealkylation sites (tertiary alicyclic amines) is 1. The van der Waals surface area contributed by atoms with E-state index in [0.717, 1.165) is 17.3 Å². The number of hydrogen-bond donors (Lipinski definition) is 1. The normalized spacial score (nSPS) is 22.7. The molecule has 1 aliphatic heterocycles. The summed E-state index contributed by atoms with van der Waals surface area (Å²) >= 11 is -0.228. The first kappa shape index (κ1) is 16.8. The van der Waals surface area contributed by atoms with Crippen molar-refractivity contribution in [3.63, 3.8) is 0 Å². The van der Waals surface area contributed by atoms with Crippen LogP contribution in [0.1, 0.15) is 39.2 Å². The van der Waals surface area contributed by atoms with Crippen LogP contribution in [0.25, 0.3) is 0 Å². The van der Waals surface area contributed by atoms with E-state index >= 15 is 0 Å². The number of aromatic nitrogens is 1. The van der Waals surface area contributed by atoms with Crippen LogP contribution in [0.2, 0.25) is 4.71 Å². The van der Waals surface area contributed by atoms with Crippen molar-refractivity contribution in [1.29, 1.82) is 5.26 Å². The van der Waals surface area contributed by atoms with Crippen LogP contribution < -0.4 is 4.48 Å². The molecule has 1 aliphatic rings. The molecule has 0 aromatic carbocycles. The van der Waals surface area contributed by atoms with Gasteiger partial charge in [0.15, 0.2) is 0 Å². The van der Waals surface area contributed by atoms with Crippen molar-refractivity contribution in [3.05, 3.63) is 23.9 Å². The van der Waals surface area contributed by atoms with E-state index in [0.29, 0.717) is 16.8 Å². The molecule has 6 heteroatoms. The van der Waals surface area contributed by atoms with Crippen LogP contribution in [0, 0.1) is 16.7 Å². The summed E-state index contributed by atoms with van der Waals surface area (Å²) in [5.74, 6) is 0. The molecule has 5 nitrogen and oxygen atoms in total. The van der Waals surface area contributed by atoms with Crippen LogP contribution >= 0.6 is 0 Å². The Bertz CT molecular complexity index is 575. The number of pyridine rings is 1. The molecule has 0 saturated carbocycles. The number of rotatable bonds is 2. The van der Waals surface area contributed by atoms with Crippen molar-refractivity contribution in [1.82, 2.24) is 9.88 Å². The quantitative estimate of drug-likeness (QED) is 0.819. The van der Waals surface area contributed by atoms with Gasteiger partial charge < -0.3 is 0 Å². The van der Waals surface area contributed by atoms with Gasteiger partial charge in [-0.2, -0.15) is 0 Å². The third kappa shape index (κ3) is 3.81. The Labute approximate surface area is 138 Å². The number of carbonyl (C=O) groups is 1. The molecule has 0 bridgehead atoms. The number of amides is 1. The molecule has 1 radical (unpaired) electrons. The summed E-state index contributed by atoms with van der Waals surface area (Å²) in [4.78, 5) is 17.6. The molecule has 1 aromatic heterocycles. The minimum absolute atomic E-state index is 0.0243. The number of nitrogens with zero attached hydrogens (tertiary/aromatic N) is 3. The molecule has 0 aliphatic carbocycles. The van der Waals surface area contributed by atoms with E-state index in [-0.39, 0.29) is 27.2 Å². The Morgan fingerprint density at radius 2 is 2.23 bits per heavy atom. The van der Waals surface area contributed by atoms with Crippen LogP contribution in [0.5, 0.6) is 0 Å². The molecule has 2 atom stereocenters. The average Bonchev–Trinajstić information content (AvgIpc) is 2.46. The fourth-order valence-corrected chi connectivity index (χ4v) is 6.61. The van der Waals surface area contributed by atoms with E-state index in [1.54, 1.807) is 17.2 Å². The van der Waals surface area contributed by atoms with E-state index in [9.17, 15) is 9.90 Å². The second-order valence-corrected chi connectivity index (χ2v) is 9.54. The predicted octanol–water partition coefficient (Wildman–Crippen LogP) is 2.26. The third-order valence-corrected chi connectivity index (χ3v) is 6.85. The summed E-state index contributed by atoms with van der Waals surface area (Å²) in [6.45, 7) is 6.95. The molecule has 1 aromatic rings. The minimum atomic E-state index is -0.821. The van der Waals surface area contributed by atoms with Gasteiger partial charge >= 0.3 is 138 Å². The monoisotopic (exact) mass is 362 g/mol. The fourth-order valence-electron chi connectivity index (χ4n) is 3.07. The zero-order valence-corrected chi connectivity index (χ0v) is 15.0. The van der Waals surface area contributed by atoms with Crippen molar-refractivity contribution >= 4 is 26.3 Å². The fraction of sp³-hybridized carbons (Fsp3) is 0.562. The maximum atomic E-state index is 11.6. The molecule has 2 heterocycles. The molecular formula is C16H21AsN3O2. The molecule has 117 valence electrons. The number of hydrogen-bond acceptors (Lipinski definition) is 3. The summed E-state index contributed by atoms with van der Waals surface area (Å²) in [6, 6.07) is 5.81.